The van der Waals surface area contributed by atoms with Crippen molar-refractivity contribution in [2.24, 2.45) is 4.99 Å². The molecule has 1 aromatic heterocycles. The fraction of sp³-hybridized carbons (Fsp3) is 0.100. The van der Waals surface area contributed by atoms with Crippen molar-refractivity contribution in [2.45, 2.75) is 13.8 Å². The Morgan fingerprint density at radius 2 is 1.52 bits per heavy atom. The van der Waals surface area contributed by atoms with Gasteiger partial charge in [0.15, 0.2) is 0 Å². The van der Waals surface area contributed by atoms with Crippen LogP contribution in [0.25, 0.3) is 0 Å². The van der Waals surface area contributed by atoms with E-state index in [2.05, 4.69) is 30.9 Å². The van der Waals surface area contributed by atoms with Gasteiger partial charge in [0.25, 0.3) is 0 Å². The molecule has 6 nitrogen and oxygen atoms in total. The van der Waals surface area contributed by atoms with E-state index in [0.717, 1.165) is 17.1 Å². The van der Waals surface area contributed by atoms with Crippen LogP contribution in [0.5, 0.6) is 0 Å². The van der Waals surface area contributed by atoms with Crippen molar-refractivity contribution in [3.05, 3.63) is 76.0 Å². The lowest BCUT2D eigenvalue weighted by atomic mass is 10.3. The number of aryl methyl sites for hydroxylation is 2. The number of hydrogen-bond acceptors (Lipinski definition) is 3. The average Bonchev–Trinajstić information content (AvgIpc) is 2.64. The number of aromatic nitrogens is 2. The molecule has 0 atom stereocenters. The summed E-state index contributed by atoms with van der Waals surface area (Å²) >= 11 is 17.5. The summed E-state index contributed by atoms with van der Waals surface area (Å²) in [5.41, 5.74) is 3.17. The fourth-order valence-electron chi connectivity index (χ4n) is 2.46. The molecule has 0 aliphatic carbocycles. The van der Waals surface area contributed by atoms with E-state index < -0.39 is 0 Å². The van der Waals surface area contributed by atoms with Crippen LogP contribution in [0.2, 0.25) is 10.0 Å². The third-order valence-corrected chi connectivity index (χ3v) is 4.57. The van der Waals surface area contributed by atoms with E-state index in [1.54, 1.807) is 18.2 Å². The smallest absolute Gasteiger partial charge is 0.229 e. The Labute approximate surface area is 184 Å². The molecule has 0 unspecified atom stereocenters. The maximum Gasteiger partial charge on any atom is 0.229 e. The maximum atomic E-state index is 6.12. The predicted molar refractivity (Wildman–Crippen MR) is 125 cm³/mol. The first-order chi connectivity index (χ1) is 13.9. The molecule has 0 spiro atoms. The fourth-order valence-corrected chi connectivity index (χ4v) is 2.97. The van der Waals surface area contributed by atoms with Gasteiger partial charge >= 0.3 is 0 Å². The number of guanidine groups is 1. The Morgan fingerprint density at radius 3 is 2.17 bits per heavy atom. The van der Waals surface area contributed by atoms with Crippen molar-refractivity contribution in [1.82, 2.24) is 9.97 Å². The summed E-state index contributed by atoms with van der Waals surface area (Å²) in [6.45, 7) is 3.79. The van der Waals surface area contributed by atoms with Gasteiger partial charge in [0.05, 0.1) is 10.0 Å². The third-order valence-electron chi connectivity index (χ3n) is 3.63. The van der Waals surface area contributed by atoms with Gasteiger partial charge < -0.3 is 10.6 Å². The van der Waals surface area contributed by atoms with E-state index in [1.807, 2.05) is 50.2 Å². The number of aliphatic imine (C=N–C) groups is 1. The van der Waals surface area contributed by atoms with E-state index in [9.17, 15) is 0 Å². The first-order valence-electron chi connectivity index (χ1n) is 8.65. The summed E-state index contributed by atoms with van der Waals surface area (Å²) < 4.78 is 0. The largest absolute Gasteiger partial charge is 0.331 e. The number of para-hydroxylation sites is 1. The van der Waals surface area contributed by atoms with Gasteiger partial charge in [-0.15, -0.1) is 0 Å². The Balaban J connectivity index is 1.86. The minimum atomic E-state index is 0.260. The molecule has 0 amide bonds. The van der Waals surface area contributed by atoms with E-state index in [-0.39, 0.29) is 5.11 Å². The first kappa shape index (κ1) is 21.0. The summed E-state index contributed by atoms with van der Waals surface area (Å²) in [6.07, 6.45) is 0. The number of thiocarbonyl (C=S) groups is 1. The van der Waals surface area contributed by atoms with Crippen LogP contribution in [0.3, 0.4) is 0 Å². The minimum Gasteiger partial charge on any atom is -0.331 e. The van der Waals surface area contributed by atoms with Crippen LogP contribution in [0.1, 0.15) is 11.4 Å². The number of nitrogens with zero attached hydrogens (tertiary/aromatic N) is 3. The Bertz CT molecular complexity index is 1040. The molecule has 148 valence electrons. The highest BCUT2D eigenvalue weighted by Gasteiger charge is 2.08. The van der Waals surface area contributed by atoms with E-state index in [1.165, 1.54) is 0 Å². The molecule has 3 rings (SSSR count). The van der Waals surface area contributed by atoms with E-state index in [0.29, 0.717) is 27.6 Å². The van der Waals surface area contributed by atoms with Gasteiger partial charge in [0.1, 0.15) is 0 Å². The molecular weight excluding hydrogens is 427 g/mol. The molecule has 9 heteroatoms. The average molecular weight is 445 g/mol. The number of halogens is 2. The lowest BCUT2D eigenvalue weighted by molar-refractivity contribution is 1.06. The molecule has 0 saturated heterocycles. The Hall–Kier alpha value is -2.74. The van der Waals surface area contributed by atoms with Crippen LogP contribution in [0.15, 0.2) is 59.6 Å². The summed E-state index contributed by atoms with van der Waals surface area (Å²) in [7, 11) is 0. The molecule has 2 aromatic carbocycles. The third kappa shape index (κ3) is 6.39. The number of benzene rings is 2. The SMILES string of the molecule is Cc1cc(C)nc(N/C(=N\C(=S)Nc2ccccc2)Nc2ccc(Cl)c(Cl)c2)n1. The van der Waals surface area contributed by atoms with Gasteiger partial charge in [-0.05, 0) is 62.5 Å². The number of anilines is 3. The highest BCUT2D eigenvalue weighted by Crippen LogP contribution is 2.25. The standard InChI is InChI=1S/C20H18Cl2N6S/c1-12-10-13(2)24-18(23-12)27-19(25-15-8-9-16(21)17(22)11-15)28-20(29)26-14-6-4-3-5-7-14/h3-11H,1-2H3,(H3,23,24,25,26,27,28,29). The summed E-state index contributed by atoms with van der Waals surface area (Å²) in [4.78, 5) is 13.2. The Morgan fingerprint density at radius 1 is 0.828 bits per heavy atom. The predicted octanol–water partition coefficient (Wildman–Crippen LogP) is 5.68. The topological polar surface area (TPSA) is 74.2 Å². The quantitative estimate of drug-likeness (QED) is 0.274. The van der Waals surface area contributed by atoms with Crippen LogP contribution >= 0.6 is 35.4 Å². The van der Waals surface area contributed by atoms with Crippen LogP contribution in [-0.4, -0.2) is 21.0 Å². The van der Waals surface area contributed by atoms with Crippen LogP contribution in [0.4, 0.5) is 17.3 Å². The van der Waals surface area contributed by atoms with Crippen molar-refractivity contribution < 1.29 is 0 Å². The van der Waals surface area contributed by atoms with Gasteiger partial charge in [0.2, 0.25) is 17.0 Å². The number of hydrogen-bond donors (Lipinski definition) is 3. The van der Waals surface area contributed by atoms with Gasteiger partial charge in [-0.3, -0.25) is 5.32 Å². The highest BCUT2D eigenvalue weighted by molar-refractivity contribution is 7.80. The van der Waals surface area contributed by atoms with Crippen molar-refractivity contribution in [2.75, 3.05) is 16.0 Å². The van der Waals surface area contributed by atoms with Crippen molar-refractivity contribution >= 4 is 63.8 Å². The summed E-state index contributed by atoms with van der Waals surface area (Å²) in [5, 5.41) is 10.4. The zero-order valence-corrected chi connectivity index (χ0v) is 18.0. The molecule has 3 N–H and O–H groups in total. The van der Waals surface area contributed by atoms with Crippen LogP contribution in [0, 0.1) is 13.8 Å². The number of rotatable bonds is 3. The van der Waals surface area contributed by atoms with Gasteiger partial charge in [-0.1, -0.05) is 41.4 Å². The molecular formula is C20H18Cl2N6S. The van der Waals surface area contributed by atoms with Gasteiger partial charge in [-0.25, -0.2) is 9.97 Å². The van der Waals surface area contributed by atoms with Crippen LogP contribution < -0.4 is 16.0 Å². The first-order valence-corrected chi connectivity index (χ1v) is 9.81. The second-order valence-electron chi connectivity index (χ2n) is 6.11. The molecule has 0 saturated carbocycles. The molecule has 0 aliphatic heterocycles. The highest BCUT2D eigenvalue weighted by atomic mass is 35.5. The van der Waals surface area contributed by atoms with Crippen molar-refractivity contribution in [3.8, 4) is 0 Å². The number of nitrogens with one attached hydrogen (secondary N) is 3. The maximum absolute atomic E-state index is 6.12. The normalized spacial score (nSPS) is 11.1. The zero-order chi connectivity index (χ0) is 20.8. The van der Waals surface area contributed by atoms with Crippen molar-refractivity contribution in [3.63, 3.8) is 0 Å². The molecule has 0 aliphatic rings. The molecule has 0 radical (unpaired) electrons. The van der Waals surface area contributed by atoms with Crippen molar-refractivity contribution in [1.29, 1.82) is 0 Å². The lowest BCUT2D eigenvalue weighted by Crippen LogP contribution is -2.26. The van der Waals surface area contributed by atoms with Gasteiger partial charge in [-0.2, -0.15) is 4.99 Å². The lowest BCUT2D eigenvalue weighted by Gasteiger charge is -2.13. The molecule has 0 fully saturated rings. The Kier molecular flexibility index (Phi) is 6.98. The summed E-state index contributed by atoms with van der Waals surface area (Å²) in [5.74, 6) is 0.734. The second kappa shape index (κ2) is 9.65. The van der Waals surface area contributed by atoms with E-state index >= 15 is 0 Å². The molecule has 1 heterocycles. The molecule has 29 heavy (non-hydrogen) atoms. The monoisotopic (exact) mass is 444 g/mol. The minimum absolute atomic E-state index is 0.260. The van der Waals surface area contributed by atoms with Crippen LogP contribution in [-0.2, 0) is 0 Å². The van der Waals surface area contributed by atoms with E-state index in [4.69, 9.17) is 35.4 Å². The second-order valence-corrected chi connectivity index (χ2v) is 7.31. The molecule has 3 aromatic rings. The van der Waals surface area contributed by atoms with Gasteiger partial charge in [0, 0.05) is 22.8 Å². The molecule has 0 bridgehead atoms. The zero-order valence-electron chi connectivity index (χ0n) is 15.7. The summed E-state index contributed by atoms with van der Waals surface area (Å²) in [6, 6.07) is 16.6.